The van der Waals surface area contributed by atoms with Gasteiger partial charge in [-0.15, -0.1) is 0 Å². The van der Waals surface area contributed by atoms with Gasteiger partial charge in [0.15, 0.2) is 0 Å². The number of benzene rings is 1. The van der Waals surface area contributed by atoms with E-state index in [0.717, 1.165) is 0 Å². The summed E-state index contributed by atoms with van der Waals surface area (Å²) < 4.78 is 5.06. The summed E-state index contributed by atoms with van der Waals surface area (Å²) in [5, 5.41) is 11.9. The van der Waals surface area contributed by atoms with Crippen LogP contribution in [0.15, 0.2) is 30.3 Å². The average Bonchev–Trinajstić information content (AvgIpc) is 2.61. The van der Waals surface area contributed by atoms with Crippen LogP contribution >= 0.6 is 0 Å². The van der Waals surface area contributed by atoms with Crippen LogP contribution in [0.3, 0.4) is 0 Å². The van der Waals surface area contributed by atoms with Crippen molar-refractivity contribution in [1.29, 1.82) is 0 Å². The quantitative estimate of drug-likeness (QED) is 0.767. The fraction of sp³-hybridized carbons (Fsp3) is 0.526. The highest BCUT2D eigenvalue weighted by molar-refractivity contribution is 5.94. The lowest BCUT2D eigenvalue weighted by Crippen LogP contribution is -2.54. The van der Waals surface area contributed by atoms with E-state index in [1.54, 1.807) is 24.0 Å². The summed E-state index contributed by atoms with van der Waals surface area (Å²) in [6, 6.07) is 9.08. The molecule has 142 valence electrons. The molecule has 0 aromatic heterocycles. The Labute approximate surface area is 153 Å². The highest BCUT2D eigenvalue weighted by atomic mass is 16.5. The zero-order valence-electron chi connectivity index (χ0n) is 15.2. The molecule has 2 rings (SSSR count). The first-order valence-corrected chi connectivity index (χ1v) is 8.72. The second kappa shape index (κ2) is 8.80. The van der Waals surface area contributed by atoms with E-state index in [1.807, 2.05) is 18.2 Å². The van der Waals surface area contributed by atoms with Gasteiger partial charge < -0.3 is 20.1 Å². The number of carboxylic acid groups (broad SMARTS) is 1. The Morgan fingerprint density at radius 1 is 1.23 bits per heavy atom. The van der Waals surface area contributed by atoms with Crippen LogP contribution in [0.25, 0.3) is 0 Å². The zero-order valence-corrected chi connectivity index (χ0v) is 15.2. The van der Waals surface area contributed by atoms with Crippen LogP contribution in [0.4, 0.5) is 0 Å². The average molecular weight is 362 g/mol. The van der Waals surface area contributed by atoms with Gasteiger partial charge in [0.2, 0.25) is 5.91 Å². The highest BCUT2D eigenvalue weighted by Crippen LogP contribution is 2.21. The number of methoxy groups -OCH3 is 1. The molecule has 0 bridgehead atoms. The number of rotatable bonds is 7. The van der Waals surface area contributed by atoms with Crippen LogP contribution in [0.2, 0.25) is 0 Å². The van der Waals surface area contributed by atoms with Gasteiger partial charge in [0.25, 0.3) is 5.91 Å². The first kappa shape index (κ1) is 19.9. The molecule has 0 saturated carbocycles. The molecular formula is C19H26N2O5. The third-order valence-corrected chi connectivity index (χ3v) is 4.60. The third-order valence-electron chi connectivity index (χ3n) is 4.60. The molecule has 1 aliphatic rings. The molecule has 7 nitrogen and oxygen atoms in total. The minimum Gasteiger partial charge on any atom is -0.481 e. The van der Waals surface area contributed by atoms with Gasteiger partial charge in [-0.3, -0.25) is 14.4 Å². The zero-order chi connectivity index (χ0) is 19.2. The molecule has 1 atom stereocenters. The van der Waals surface area contributed by atoms with Gasteiger partial charge >= 0.3 is 5.97 Å². The highest BCUT2D eigenvalue weighted by Gasteiger charge is 2.34. The van der Waals surface area contributed by atoms with Crippen molar-refractivity contribution in [3.63, 3.8) is 0 Å². The van der Waals surface area contributed by atoms with E-state index >= 15 is 0 Å². The summed E-state index contributed by atoms with van der Waals surface area (Å²) in [6.07, 6.45) is 0.902. The Hall–Kier alpha value is -2.41. The number of likely N-dealkylation sites (tertiary alicyclic amines) is 1. The minimum absolute atomic E-state index is 0.0282. The van der Waals surface area contributed by atoms with Crippen molar-refractivity contribution in [3.8, 4) is 0 Å². The summed E-state index contributed by atoms with van der Waals surface area (Å²) in [5.41, 5.74) is -0.307. The van der Waals surface area contributed by atoms with E-state index in [-0.39, 0.29) is 30.8 Å². The minimum atomic E-state index is -0.992. The van der Waals surface area contributed by atoms with Gasteiger partial charge in [-0.2, -0.15) is 0 Å². The van der Waals surface area contributed by atoms with Gasteiger partial charge in [0.1, 0.15) is 0 Å². The van der Waals surface area contributed by atoms with E-state index < -0.39 is 11.5 Å². The maximum absolute atomic E-state index is 12.6. The molecule has 0 radical (unpaired) electrons. The number of hydrogen-bond donors (Lipinski definition) is 2. The normalized spacial score (nSPS) is 17.4. The van der Waals surface area contributed by atoms with Crippen LogP contribution < -0.4 is 5.32 Å². The number of ether oxygens (including phenoxy) is 1. The van der Waals surface area contributed by atoms with Gasteiger partial charge in [0.05, 0.1) is 18.6 Å². The fourth-order valence-electron chi connectivity index (χ4n) is 3.29. The summed E-state index contributed by atoms with van der Waals surface area (Å²) >= 11 is 0. The molecule has 1 heterocycles. The monoisotopic (exact) mass is 362 g/mol. The van der Waals surface area contributed by atoms with E-state index in [0.29, 0.717) is 31.5 Å². The summed E-state index contributed by atoms with van der Waals surface area (Å²) in [5.74, 6) is -1.44. The van der Waals surface area contributed by atoms with Crippen LogP contribution in [0.5, 0.6) is 0 Å². The Bertz CT molecular complexity index is 641. The number of aliphatic carboxylic acids is 1. The lowest BCUT2D eigenvalue weighted by atomic mass is 9.92. The summed E-state index contributed by atoms with van der Waals surface area (Å²) in [6.45, 7) is 2.80. The lowest BCUT2D eigenvalue weighted by Gasteiger charge is -2.34. The molecule has 1 aromatic carbocycles. The lowest BCUT2D eigenvalue weighted by molar-refractivity contribution is -0.140. The molecule has 0 aliphatic carbocycles. The number of amides is 2. The number of piperidine rings is 1. The molecule has 2 amide bonds. The molecule has 1 saturated heterocycles. The number of nitrogens with zero attached hydrogens (tertiary/aromatic N) is 1. The molecule has 1 unspecified atom stereocenters. The van der Waals surface area contributed by atoms with Crippen LogP contribution in [-0.2, 0) is 14.3 Å². The molecular weight excluding hydrogens is 336 g/mol. The Balaban J connectivity index is 1.91. The van der Waals surface area contributed by atoms with Crippen molar-refractivity contribution in [1.82, 2.24) is 10.2 Å². The van der Waals surface area contributed by atoms with Crippen molar-refractivity contribution in [2.24, 2.45) is 5.92 Å². The summed E-state index contributed by atoms with van der Waals surface area (Å²) in [4.78, 5) is 37.8. The van der Waals surface area contributed by atoms with Crippen molar-refractivity contribution in [2.45, 2.75) is 31.7 Å². The SMILES string of the molecule is COCC(C)(CC(=O)O)NC(=O)C1CCN(C(=O)c2ccccc2)CC1. The molecule has 1 aliphatic heterocycles. The maximum atomic E-state index is 12.6. The Morgan fingerprint density at radius 2 is 1.85 bits per heavy atom. The molecule has 1 aromatic rings. The van der Waals surface area contributed by atoms with E-state index in [9.17, 15) is 14.4 Å². The Kier molecular flexibility index (Phi) is 6.74. The number of nitrogens with one attached hydrogen (secondary N) is 1. The first-order valence-electron chi connectivity index (χ1n) is 8.72. The molecule has 26 heavy (non-hydrogen) atoms. The van der Waals surface area contributed by atoms with Gasteiger partial charge in [-0.05, 0) is 31.9 Å². The molecule has 2 N–H and O–H groups in total. The van der Waals surface area contributed by atoms with E-state index in [1.165, 1.54) is 7.11 Å². The smallest absolute Gasteiger partial charge is 0.305 e. The number of carbonyl (C=O) groups is 3. The van der Waals surface area contributed by atoms with Gasteiger partial charge in [-0.1, -0.05) is 18.2 Å². The Morgan fingerprint density at radius 3 is 2.38 bits per heavy atom. The van der Waals surface area contributed by atoms with Crippen molar-refractivity contribution in [3.05, 3.63) is 35.9 Å². The van der Waals surface area contributed by atoms with Crippen LogP contribution in [-0.4, -0.2) is 60.1 Å². The molecule has 1 fully saturated rings. The van der Waals surface area contributed by atoms with E-state index in [4.69, 9.17) is 9.84 Å². The third kappa shape index (κ3) is 5.29. The van der Waals surface area contributed by atoms with Gasteiger partial charge in [-0.25, -0.2) is 0 Å². The largest absolute Gasteiger partial charge is 0.481 e. The topological polar surface area (TPSA) is 95.9 Å². The van der Waals surface area contributed by atoms with Crippen molar-refractivity contribution in [2.75, 3.05) is 26.8 Å². The molecule has 0 spiro atoms. The van der Waals surface area contributed by atoms with Crippen LogP contribution in [0.1, 0.15) is 36.5 Å². The standard InChI is InChI=1S/C19H26N2O5/c1-19(13-26-2,12-16(22)23)20-17(24)14-8-10-21(11-9-14)18(25)15-6-4-3-5-7-15/h3-7,14H,8-13H2,1-2H3,(H,20,24)(H,22,23). The fourth-order valence-corrected chi connectivity index (χ4v) is 3.29. The van der Waals surface area contributed by atoms with Crippen LogP contribution in [0, 0.1) is 5.92 Å². The first-order chi connectivity index (χ1) is 12.3. The number of carboxylic acids is 1. The molecule has 7 heteroatoms. The number of hydrogen-bond acceptors (Lipinski definition) is 4. The van der Waals surface area contributed by atoms with Gasteiger partial charge in [0, 0.05) is 31.7 Å². The number of carbonyl (C=O) groups excluding carboxylic acids is 2. The second-order valence-corrected chi connectivity index (χ2v) is 6.99. The predicted octanol–water partition coefficient (Wildman–Crippen LogP) is 1.53. The van der Waals surface area contributed by atoms with Crippen molar-refractivity contribution < 1.29 is 24.2 Å². The maximum Gasteiger partial charge on any atom is 0.305 e. The van der Waals surface area contributed by atoms with E-state index in [2.05, 4.69) is 5.32 Å². The van der Waals surface area contributed by atoms with Crippen molar-refractivity contribution >= 4 is 17.8 Å². The second-order valence-electron chi connectivity index (χ2n) is 6.99. The summed E-state index contributed by atoms with van der Waals surface area (Å²) in [7, 11) is 1.47. The predicted molar refractivity (Wildman–Crippen MR) is 95.7 cm³/mol.